The molecule has 13 heteroatoms. The number of rotatable bonds is 12. The van der Waals surface area contributed by atoms with Crippen molar-refractivity contribution in [1.29, 1.82) is 0 Å². The summed E-state index contributed by atoms with van der Waals surface area (Å²) in [5.41, 5.74) is 6.14. The van der Waals surface area contributed by atoms with Gasteiger partial charge in [0.2, 0.25) is 5.91 Å². The van der Waals surface area contributed by atoms with Crippen LogP contribution < -0.4 is 5.32 Å². The highest BCUT2D eigenvalue weighted by Crippen LogP contribution is 2.43. The second-order valence-electron chi connectivity index (χ2n) is 13.0. The van der Waals surface area contributed by atoms with Crippen LogP contribution in [-0.2, 0) is 43.6 Å². The molecule has 53 heavy (non-hydrogen) atoms. The number of amides is 3. The number of hydrogen-bond donors (Lipinski definition) is 3. The van der Waals surface area contributed by atoms with Gasteiger partial charge in [-0.15, -0.1) is 0 Å². The average molecular weight is 734 g/mol. The number of likely N-dealkylation sites (tertiary alicyclic amines) is 1. The Morgan fingerprint density at radius 1 is 0.925 bits per heavy atom. The maximum Gasteiger partial charge on any atom is 0.408 e. The molecule has 3 heterocycles. The highest BCUT2D eigenvalue weighted by molar-refractivity contribution is 7.99. The van der Waals surface area contributed by atoms with E-state index in [9.17, 15) is 19.5 Å². The van der Waals surface area contributed by atoms with E-state index in [0.29, 0.717) is 10.9 Å². The van der Waals surface area contributed by atoms with Gasteiger partial charge in [-0.05, 0) is 39.4 Å². The Bertz CT molecular complexity index is 2010. The quantitative estimate of drug-likeness (QED) is 0.101. The van der Waals surface area contributed by atoms with Gasteiger partial charge >= 0.3 is 6.09 Å². The maximum atomic E-state index is 13.2. The van der Waals surface area contributed by atoms with Crippen LogP contribution in [-0.4, -0.2) is 61.0 Å². The SMILES string of the molecule is C[C@H]1[C@@H](CSc2ncn[nH]2)O[C@@H](c2ccc(-c3cccc(CN4C(=O)CC(NC(=O)OCc5ccccc5)C4=O)c3)cc2)O[C@H]1c1ccc(CO)cc1. The topological polar surface area (TPSA) is 156 Å². The number of benzene rings is 4. The monoisotopic (exact) mass is 733 g/mol. The van der Waals surface area contributed by atoms with Crippen LogP contribution in [0.5, 0.6) is 0 Å². The third kappa shape index (κ3) is 8.66. The van der Waals surface area contributed by atoms with Crippen molar-refractivity contribution in [3.63, 3.8) is 0 Å². The van der Waals surface area contributed by atoms with Crippen LogP contribution >= 0.6 is 11.8 Å². The molecule has 4 aromatic carbocycles. The van der Waals surface area contributed by atoms with Gasteiger partial charge in [0.15, 0.2) is 11.4 Å². The van der Waals surface area contributed by atoms with Gasteiger partial charge in [0.1, 0.15) is 19.0 Å². The third-order valence-electron chi connectivity index (χ3n) is 9.43. The summed E-state index contributed by atoms with van der Waals surface area (Å²) >= 11 is 1.54. The molecule has 1 aromatic heterocycles. The number of nitrogens with zero attached hydrogens (tertiary/aromatic N) is 3. The Kier molecular flexibility index (Phi) is 11.3. The average Bonchev–Trinajstić information content (AvgIpc) is 3.81. The van der Waals surface area contributed by atoms with Gasteiger partial charge in [-0.3, -0.25) is 19.6 Å². The lowest BCUT2D eigenvalue weighted by atomic mass is 9.91. The van der Waals surface area contributed by atoms with Crippen molar-refractivity contribution >= 4 is 29.7 Å². The van der Waals surface area contributed by atoms with E-state index in [1.165, 1.54) is 11.2 Å². The highest BCUT2D eigenvalue weighted by Gasteiger charge is 2.40. The normalized spacial score (nSPS) is 21.5. The number of nitrogens with one attached hydrogen (secondary N) is 2. The van der Waals surface area contributed by atoms with Crippen molar-refractivity contribution < 1.29 is 33.7 Å². The smallest absolute Gasteiger partial charge is 0.408 e. The first kappa shape index (κ1) is 36.0. The van der Waals surface area contributed by atoms with Gasteiger partial charge < -0.3 is 24.6 Å². The fourth-order valence-corrected chi connectivity index (χ4v) is 7.41. The summed E-state index contributed by atoms with van der Waals surface area (Å²) < 4.78 is 18.4. The number of alkyl carbamates (subject to hydrolysis) is 1. The minimum atomic E-state index is -0.978. The first-order chi connectivity index (χ1) is 25.8. The molecule has 7 rings (SSSR count). The summed E-state index contributed by atoms with van der Waals surface area (Å²) in [6.07, 6.45) is -0.427. The molecule has 2 saturated heterocycles. The van der Waals surface area contributed by atoms with Crippen molar-refractivity contribution in [3.8, 4) is 11.1 Å². The number of ether oxygens (including phenoxy) is 3. The number of H-pyrrole nitrogens is 1. The second-order valence-corrected chi connectivity index (χ2v) is 14.0. The summed E-state index contributed by atoms with van der Waals surface area (Å²) in [6.45, 7) is 2.23. The van der Waals surface area contributed by atoms with E-state index in [-0.39, 0.29) is 50.2 Å². The van der Waals surface area contributed by atoms with Crippen LogP contribution in [0, 0.1) is 5.92 Å². The predicted molar refractivity (Wildman–Crippen MR) is 196 cm³/mol. The van der Waals surface area contributed by atoms with Gasteiger partial charge in [-0.25, -0.2) is 9.78 Å². The molecule has 12 nitrogen and oxygen atoms in total. The molecule has 3 N–H and O–H groups in total. The van der Waals surface area contributed by atoms with Crippen LogP contribution in [0.3, 0.4) is 0 Å². The summed E-state index contributed by atoms with van der Waals surface area (Å²) in [6, 6.07) is 31.7. The van der Waals surface area contributed by atoms with Crippen molar-refractivity contribution in [1.82, 2.24) is 25.4 Å². The van der Waals surface area contributed by atoms with E-state index < -0.39 is 24.3 Å². The van der Waals surface area contributed by atoms with E-state index in [2.05, 4.69) is 27.4 Å². The molecule has 5 aromatic rings. The van der Waals surface area contributed by atoms with Gasteiger partial charge in [0.25, 0.3) is 5.91 Å². The molecule has 1 unspecified atom stereocenters. The standard InChI is InChI=1S/C40H39N5O7S/c1-25-34(23-53-39-41-24-42-44-39)51-38(52-36(25)30-12-10-26(21-46)11-13-30)31-16-14-29(15-17-31)32-9-5-8-28(18-32)20-45-35(47)19-33(37(45)48)43-40(49)50-22-27-6-3-2-4-7-27/h2-18,24-25,33-34,36,38,46H,19-23H2,1H3,(H,43,49)(H,41,42,44)/t25-,33?,34+,36+,38+/m0/s1. The summed E-state index contributed by atoms with van der Waals surface area (Å²) in [7, 11) is 0. The van der Waals surface area contributed by atoms with E-state index in [1.54, 1.807) is 11.8 Å². The first-order valence-electron chi connectivity index (χ1n) is 17.3. The molecule has 0 bridgehead atoms. The zero-order valence-electron chi connectivity index (χ0n) is 29.0. The molecule has 2 aliphatic rings. The number of aliphatic hydroxyl groups is 1. The summed E-state index contributed by atoms with van der Waals surface area (Å²) in [4.78, 5) is 43.8. The lowest BCUT2D eigenvalue weighted by Crippen LogP contribution is -2.41. The Balaban J connectivity index is 1.01. The lowest BCUT2D eigenvalue weighted by molar-refractivity contribution is -0.268. The fraction of sp³-hybridized carbons (Fsp3) is 0.275. The molecule has 2 aliphatic heterocycles. The summed E-state index contributed by atoms with van der Waals surface area (Å²) in [5, 5.41) is 19.7. The number of carbonyl (C=O) groups is 3. The van der Waals surface area contributed by atoms with E-state index in [0.717, 1.165) is 38.9 Å². The van der Waals surface area contributed by atoms with Crippen molar-refractivity contribution in [2.75, 3.05) is 5.75 Å². The number of imide groups is 1. The van der Waals surface area contributed by atoms with Crippen molar-refractivity contribution in [3.05, 3.63) is 137 Å². The number of aromatic amines is 1. The van der Waals surface area contributed by atoms with Crippen LogP contribution in [0.1, 0.15) is 53.6 Å². The van der Waals surface area contributed by atoms with Gasteiger partial charge in [-0.2, -0.15) is 5.10 Å². The number of hydrogen-bond acceptors (Lipinski definition) is 10. The predicted octanol–water partition coefficient (Wildman–Crippen LogP) is 6.10. The van der Waals surface area contributed by atoms with Crippen molar-refractivity contribution in [2.24, 2.45) is 5.92 Å². The van der Waals surface area contributed by atoms with Crippen LogP contribution in [0.15, 0.2) is 115 Å². The van der Waals surface area contributed by atoms with Crippen LogP contribution in [0.4, 0.5) is 4.79 Å². The van der Waals surface area contributed by atoms with E-state index >= 15 is 0 Å². The zero-order valence-corrected chi connectivity index (χ0v) is 29.8. The minimum Gasteiger partial charge on any atom is -0.445 e. The number of aromatic nitrogens is 3. The van der Waals surface area contributed by atoms with Crippen LogP contribution in [0.25, 0.3) is 11.1 Å². The molecule has 0 saturated carbocycles. The second kappa shape index (κ2) is 16.6. The van der Waals surface area contributed by atoms with Gasteiger partial charge in [0.05, 0.1) is 31.8 Å². The first-order valence-corrected chi connectivity index (χ1v) is 18.3. The highest BCUT2D eigenvalue weighted by atomic mass is 32.2. The Labute approximate surface area is 310 Å². The largest absolute Gasteiger partial charge is 0.445 e. The maximum absolute atomic E-state index is 13.2. The molecule has 5 atom stereocenters. The summed E-state index contributed by atoms with van der Waals surface area (Å²) in [5.74, 6) is -0.162. The van der Waals surface area contributed by atoms with Crippen LogP contribution in [0.2, 0.25) is 0 Å². The molecule has 0 spiro atoms. The third-order valence-corrected chi connectivity index (χ3v) is 10.4. The Morgan fingerprint density at radius 2 is 1.68 bits per heavy atom. The van der Waals surface area contributed by atoms with Gasteiger partial charge in [-0.1, -0.05) is 116 Å². The zero-order chi connectivity index (χ0) is 36.7. The molecule has 0 aliphatic carbocycles. The lowest BCUT2D eigenvalue weighted by Gasteiger charge is -2.41. The molecular formula is C40H39N5O7S. The Morgan fingerprint density at radius 3 is 2.42 bits per heavy atom. The number of thioether (sulfide) groups is 1. The molecule has 2 fully saturated rings. The molecule has 272 valence electrons. The van der Waals surface area contributed by atoms with Crippen molar-refractivity contribution in [2.45, 2.75) is 62.8 Å². The number of carbonyl (C=O) groups excluding carboxylic acids is 3. The van der Waals surface area contributed by atoms with E-state index in [1.807, 2.05) is 103 Å². The number of aliphatic hydroxyl groups excluding tert-OH is 1. The molecule has 3 amide bonds. The fourth-order valence-electron chi connectivity index (χ4n) is 6.47. The minimum absolute atomic E-state index is 0.0255. The Hall–Kier alpha value is -5.34. The van der Waals surface area contributed by atoms with Gasteiger partial charge in [0, 0.05) is 17.2 Å². The van der Waals surface area contributed by atoms with E-state index in [4.69, 9.17) is 14.2 Å². The molecular weight excluding hydrogens is 695 g/mol. The molecule has 0 radical (unpaired) electrons.